The Morgan fingerprint density at radius 1 is 1.13 bits per heavy atom. The zero-order chi connectivity index (χ0) is 22.8. The number of nitrogens with zero attached hydrogens (tertiary/aromatic N) is 1. The van der Waals surface area contributed by atoms with Gasteiger partial charge in [0, 0.05) is 19.1 Å². The molecule has 0 spiro atoms. The fourth-order valence-corrected chi connectivity index (χ4v) is 5.40. The van der Waals surface area contributed by atoms with Crippen LogP contribution in [-0.4, -0.2) is 50.8 Å². The van der Waals surface area contributed by atoms with Crippen LogP contribution in [0.3, 0.4) is 0 Å². The molecule has 2 saturated carbocycles. The van der Waals surface area contributed by atoms with Crippen LogP contribution in [0, 0.1) is 5.92 Å². The molecule has 2 aliphatic rings. The van der Waals surface area contributed by atoms with Crippen molar-refractivity contribution in [1.82, 2.24) is 9.62 Å². The Morgan fingerprint density at radius 3 is 2.19 bits per heavy atom. The Kier molecular flexibility index (Phi) is 7.17. The van der Waals surface area contributed by atoms with Crippen molar-refractivity contribution in [3.63, 3.8) is 0 Å². The van der Waals surface area contributed by atoms with E-state index in [2.05, 4.69) is 9.46 Å². The summed E-state index contributed by atoms with van der Waals surface area (Å²) >= 11 is 0. The number of carbonyl (C=O) groups excluding carboxylic acids is 1. The van der Waals surface area contributed by atoms with E-state index in [0.29, 0.717) is 25.7 Å². The Labute approximate surface area is 180 Å². The van der Waals surface area contributed by atoms with E-state index in [0.717, 1.165) is 43.5 Å². The molecule has 3 N–H and O–H groups in total. The number of nitrogens with one attached hydrogen (secondary N) is 1. The van der Waals surface area contributed by atoms with Gasteiger partial charge < -0.3 is 15.4 Å². The summed E-state index contributed by atoms with van der Waals surface area (Å²) < 4.78 is 68.2. The fraction of sp³-hybridized carbons (Fsp3) is 0.650. The van der Waals surface area contributed by atoms with E-state index in [9.17, 15) is 26.4 Å². The van der Waals surface area contributed by atoms with Gasteiger partial charge in [-0.15, -0.1) is 13.2 Å². The van der Waals surface area contributed by atoms with E-state index in [4.69, 9.17) is 5.73 Å². The lowest BCUT2D eigenvalue weighted by Gasteiger charge is -2.38. The van der Waals surface area contributed by atoms with Gasteiger partial charge in [-0.2, -0.15) is 0 Å². The number of alkyl halides is 3. The predicted octanol–water partition coefficient (Wildman–Crippen LogP) is 2.76. The molecule has 0 bridgehead atoms. The minimum Gasteiger partial charge on any atom is -0.406 e. The lowest BCUT2D eigenvalue weighted by molar-refractivity contribution is -0.274. The van der Waals surface area contributed by atoms with E-state index in [1.165, 1.54) is 0 Å². The molecule has 0 aliphatic heterocycles. The van der Waals surface area contributed by atoms with Gasteiger partial charge in [-0.05, 0) is 75.1 Å². The summed E-state index contributed by atoms with van der Waals surface area (Å²) in [5, 5.41) is 0. The van der Waals surface area contributed by atoms with Gasteiger partial charge in [-0.25, -0.2) is 13.1 Å². The first kappa shape index (κ1) is 23.8. The number of ether oxygens (including phenoxy) is 1. The lowest BCUT2D eigenvalue weighted by Crippen LogP contribution is -2.52. The average Bonchev–Trinajstić information content (AvgIpc) is 2.65. The van der Waals surface area contributed by atoms with Crippen molar-refractivity contribution in [3.05, 3.63) is 24.3 Å². The second-order valence-electron chi connectivity index (χ2n) is 8.31. The molecule has 1 atom stereocenters. The molecule has 1 amide bonds. The molecule has 0 radical (unpaired) electrons. The van der Waals surface area contributed by atoms with Crippen LogP contribution in [-0.2, 0) is 14.8 Å². The molecule has 2 fully saturated rings. The topological polar surface area (TPSA) is 102 Å². The smallest absolute Gasteiger partial charge is 0.406 e. The molecule has 7 nitrogen and oxygen atoms in total. The fourth-order valence-electron chi connectivity index (χ4n) is 4.09. The molecule has 2 aliphatic carbocycles. The van der Waals surface area contributed by atoms with Crippen LogP contribution in [0.1, 0.15) is 44.9 Å². The first-order chi connectivity index (χ1) is 14.5. The van der Waals surface area contributed by atoms with E-state index in [-0.39, 0.29) is 28.8 Å². The van der Waals surface area contributed by atoms with Gasteiger partial charge in [-0.3, -0.25) is 4.79 Å². The number of amides is 1. The number of carbonyl (C=O) groups is 1. The first-order valence-electron chi connectivity index (χ1n) is 10.4. The minimum absolute atomic E-state index is 0.00502. The average molecular weight is 464 g/mol. The second-order valence-corrected chi connectivity index (χ2v) is 10.0. The standard InChI is InChI=1S/C20H28F3N3O4S/c1-26(15-3-2-4-15)19(27)18(24)13-5-7-14(8-6-13)25-31(28,29)17-11-9-16(10-12-17)30-20(21,22)23/h9-15,18,25H,2-8,24H2,1H3/t13?,14?,18-/m0/s1. The first-order valence-corrected chi connectivity index (χ1v) is 11.8. The van der Waals surface area contributed by atoms with Crippen molar-refractivity contribution in [2.75, 3.05) is 7.05 Å². The van der Waals surface area contributed by atoms with Crippen molar-refractivity contribution in [1.29, 1.82) is 0 Å². The number of hydrogen-bond donors (Lipinski definition) is 2. The number of nitrogens with two attached hydrogens (primary N) is 1. The highest BCUT2D eigenvalue weighted by Crippen LogP contribution is 2.30. The van der Waals surface area contributed by atoms with Gasteiger partial charge in [-0.1, -0.05) is 0 Å². The molecule has 1 aromatic carbocycles. The molecule has 3 rings (SSSR count). The maximum absolute atomic E-state index is 12.6. The van der Waals surface area contributed by atoms with E-state index in [1.54, 1.807) is 11.9 Å². The summed E-state index contributed by atoms with van der Waals surface area (Å²) in [7, 11) is -2.10. The Morgan fingerprint density at radius 2 is 1.71 bits per heavy atom. The highest BCUT2D eigenvalue weighted by Gasteiger charge is 2.35. The van der Waals surface area contributed by atoms with E-state index >= 15 is 0 Å². The van der Waals surface area contributed by atoms with Crippen molar-refractivity contribution >= 4 is 15.9 Å². The minimum atomic E-state index is -4.84. The normalized spacial score (nSPS) is 23.6. The van der Waals surface area contributed by atoms with Gasteiger partial charge in [0.15, 0.2) is 0 Å². The van der Waals surface area contributed by atoms with Crippen LogP contribution >= 0.6 is 0 Å². The molecule has 0 aromatic heterocycles. The summed E-state index contributed by atoms with van der Waals surface area (Å²) in [6.07, 6.45) is 0.612. The van der Waals surface area contributed by atoms with Crippen LogP contribution < -0.4 is 15.2 Å². The quantitative estimate of drug-likeness (QED) is 0.648. The molecule has 1 aromatic rings. The van der Waals surface area contributed by atoms with E-state index in [1.807, 2.05) is 0 Å². The number of sulfonamides is 1. The van der Waals surface area contributed by atoms with Gasteiger partial charge >= 0.3 is 6.36 Å². The highest BCUT2D eigenvalue weighted by molar-refractivity contribution is 7.89. The van der Waals surface area contributed by atoms with Gasteiger partial charge in [0.1, 0.15) is 5.75 Å². The van der Waals surface area contributed by atoms with Gasteiger partial charge in [0.25, 0.3) is 0 Å². The monoisotopic (exact) mass is 463 g/mol. The number of likely N-dealkylation sites (N-methyl/N-ethyl adjacent to an activating group) is 1. The molecule has 31 heavy (non-hydrogen) atoms. The largest absolute Gasteiger partial charge is 0.573 e. The Bertz CT molecular complexity index is 865. The third-order valence-corrected chi connectivity index (χ3v) is 7.76. The zero-order valence-corrected chi connectivity index (χ0v) is 18.1. The van der Waals surface area contributed by atoms with Gasteiger partial charge in [0.05, 0.1) is 10.9 Å². The van der Waals surface area contributed by atoms with E-state index < -0.39 is 28.2 Å². The lowest BCUT2D eigenvalue weighted by atomic mass is 9.81. The second kappa shape index (κ2) is 9.33. The number of halogens is 3. The number of benzene rings is 1. The maximum Gasteiger partial charge on any atom is 0.573 e. The molecule has 174 valence electrons. The van der Waals surface area contributed by atoms with Crippen molar-refractivity contribution in [2.45, 2.75) is 74.3 Å². The summed E-state index contributed by atoms with van der Waals surface area (Å²) in [6, 6.07) is 3.42. The summed E-state index contributed by atoms with van der Waals surface area (Å²) in [5.74, 6) is -0.554. The van der Waals surface area contributed by atoms with Crippen LogP contribution in [0.5, 0.6) is 5.75 Å². The van der Waals surface area contributed by atoms with Crippen LogP contribution in [0.4, 0.5) is 13.2 Å². The molecule has 0 saturated heterocycles. The highest BCUT2D eigenvalue weighted by atomic mass is 32.2. The van der Waals surface area contributed by atoms with Crippen molar-refractivity contribution < 1.29 is 31.1 Å². The third-order valence-electron chi connectivity index (χ3n) is 6.22. The summed E-state index contributed by atoms with van der Waals surface area (Å²) in [6.45, 7) is 0. The van der Waals surface area contributed by atoms with Crippen molar-refractivity contribution in [3.8, 4) is 5.75 Å². The molecule has 0 heterocycles. The Balaban J connectivity index is 1.52. The summed E-state index contributed by atoms with van der Waals surface area (Å²) in [5.41, 5.74) is 6.21. The number of rotatable bonds is 7. The molecular formula is C20H28F3N3O4S. The summed E-state index contributed by atoms with van der Waals surface area (Å²) in [4.78, 5) is 14.2. The zero-order valence-electron chi connectivity index (χ0n) is 17.3. The molecular weight excluding hydrogens is 435 g/mol. The molecule has 0 unspecified atom stereocenters. The van der Waals surface area contributed by atoms with Crippen LogP contribution in [0.15, 0.2) is 29.2 Å². The molecule has 11 heteroatoms. The van der Waals surface area contributed by atoms with Crippen LogP contribution in [0.25, 0.3) is 0 Å². The SMILES string of the molecule is CN(C(=O)[C@@H](N)C1CCC(NS(=O)(=O)c2ccc(OC(F)(F)F)cc2)CC1)C1CCC1. The maximum atomic E-state index is 12.6. The predicted molar refractivity (Wildman–Crippen MR) is 108 cm³/mol. The van der Waals surface area contributed by atoms with Crippen molar-refractivity contribution in [2.24, 2.45) is 11.7 Å². The Hall–Kier alpha value is -1.85. The number of hydrogen-bond acceptors (Lipinski definition) is 5. The van der Waals surface area contributed by atoms with Crippen LogP contribution in [0.2, 0.25) is 0 Å². The van der Waals surface area contributed by atoms with Gasteiger partial charge in [0.2, 0.25) is 15.9 Å². The third kappa shape index (κ3) is 6.11.